The van der Waals surface area contributed by atoms with E-state index in [1.165, 1.54) is 0 Å². The van der Waals surface area contributed by atoms with Gasteiger partial charge in [-0.3, -0.25) is 14.6 Å². The summed E-state index contributed by atoms with van der Waals surface area (Å²) in [5.74, 6) is 0.500. The van der Waals surface area contributed by atoms with Crippen LogP contribution in [0.5, 0.6) is 0 Å². The Hall–Kier alpha value is -2.54. The smallest absolute Gasteiger partial charge is 0.254 e. The Bertz CT molecular complexity index is 819. The molecule has 0 aromatic carbocycles. The number of carbonyl (C=O) groups is 1. The summed E-state index contributed by atoms with van der Waals surface area (Å²) in [4.78, 5) is 37.7. The number of carbonyl (C=O) groups excluding carboxylic acids is 1. The predicted octanol–water partition coefficient (Wildman–Crippen LogP) is 1.53. The Labute approximate surface area is 152 Å². The fourth-order valence-electron chi connectivity index (χ4n) is 3.21. The lowest BCUT2D eigenvalue weighted by molar-refractivity contribution is -0.135. The molecule has 1 saturated heterocycles. The maximum atomic E-state index is 12.7. The third kappa shape index (κ3) is 4.54. The standard InChI is InChI=1S/C19H24N4O3/c1-13-17(19(25)22-14(2)21-13)10-18(24)23-9-5-7-16(11-23)26-12-15-6-3-4-8-20-15/h3-4,6,8,16H,5,7,9-12H2,1-2H3,(H,21,22,25). The molecule has 1 N–H and O–H groups in total. The number of pyridine rings is 1. The van der Waals surface area contributed by atoms with Gasteiger partial charge in [0, 0.05) is 30.5 Å². The highest BCUT2D eigenvalue weighted by atomic mass is 16.5. The van der Waals surface area contributed by atoms with Crippen LogP contribution in [0.15, 0.2) is 29.2 Å². The molecule has 2 aromatic heterocycles. The number of amides is 1. The molecule has 0 aliphatic carbocycles. The zero-order valence-electron chi connectivity index (χ0n) is 15.2. The first-order valence-corrected chi connectivity index (χ1v) is 8.88. The van der Waals surface area contributed by atoms with E-state index in [9.17, 15) is 9.59 Å². The Balaban J connectivity index is 1.59. The molecule has 1 aliphatic heterocycles. The summed E-state index contributed by atoms with van der Waals surface area (Å²) in [5.41, 5.74) is 1.70. The van der Waals surface area contributed by atoms with Crippen molar-refractivity contribution in [3.63, 3.8) is 0 Å². The van der Waals surface area contributed by atoms with E-state index < -0.39 is 0 Å². The van der Waals surface area contributed by atoms with Gasteiger partial charge < -0.3 is 14.6 Å². The van der Waals surface area contributed by atoms with Crippen molar-refractivity contribution < 1.29 is 9.53 Å². The normalized spacial score (nSPS) is 17.3. The summed E-state index contributed by atoms with van der Waals surface area (Å²) in [6.45, 7) is 5.17. The van der Waals surface area contributed by atoms with Crippen molar-refractivity contribution in [3.05, 3.63) is 57.5 Å². The molecule has 0 saturated carbocycles. The van der Waals surface area contributed by atoms with Gasteiger partial charge in [-0.25, -0.2) is 4.98 Å². The van der Waals surface area contributed by atoms with Crippen LogP contribution >= 0.6 is 0 Å². The van der Waals surface area contributed by atoms with Gasteiger partial charge in [-0.2, -0.15) is 0 Å². The van der Waals surface area contributed by atoms with Crippen molar-refractivity contribution in [2.45, 2.75) is 45.8 Å². The first kappa shape index (κ1) is 18.3. The zero-order valence-corrected chi connectivity index (χ0v) is 15.2. The van der Waals surface area contributed by atoms with Gasteiger partial charge in [0.05, 0.1) is 24.8 Å². The van der Waals surface area contributed by atoms with Crippen LogP contribution in [-0.4, -0.2) is 45.0 Å². The van der Waals surface area contributed by atoms with Crippen LogP contribution in [0.2, 0.25) is 0 Å². The van der Waals surface area contributed by atoms with Gasteiger partial charge in [0.25, 0.3) is 5.56 Å². The van der Waals surface area contributed by atoms with Crippen LogP contribution in [0.25, 0.3) is 0 Å². The van der Waals surface area contributed by atoms with Crippen LogP contribution in [0.1, 0.15) is 35.6 Å². The number of likely N-dealkylation sites (tertiary alicyclic amines) is 1. The molecule has 138 valence electrons. The van der Waals surface area contributed by atoms with Gasteiger partial charge in [0.2, 0.25) is 5.91 Å². The number of nitrogens with one attached hydrogen (secondary N) is 1. The van der Waals surface area contributed by atoms with Crippen molar-refractivity contribution in [2.75, 3.05) is 13.1 Å². The maximum Gasteiger partial charge on any atom is 0.254 e. The van der Waals surface area contributed by atoms with E-state index in [4.69, 9.17) is 4.74 Å². The molecule has 3 rings (SSSR count). The lowest BCUT2D eigenvalue weighted by Gasteiger charge is -2.32. The first-order valence-electron chi connectivity index (χ1n) is 8.88. The highest BCUT2D eigenvalue weighted by Crippen LogP contribution is 2.16. The summed E-state index contributed by atoms with van der Waals surface area (Å²) < 4.78 is 5.93. The molecule has 1 aliphatic rings. The third-order valence-electron chi connectivity index (χ3n) is 4.59. The molecule has 7 heteroatoms. The number of hydrogen-bond acceptors (Lipinski definition) is 5. The van der Waals surface area contributed by atoms with Crippen molar-refractivity contribution in [1.29, 1.82) is 0 Å². The number of nitrogens with zero attached hydrogens (tertiary/aromatic N) is 3. The van der Waals surface area contributed by atoms with Gasteiger partial charge in [0.1, 0.15) is 5.82 Å². The molecular formula is C19H24N4O3. The molecule has 1 atom stereocenters. The molecule has 26 heavy (non-hydrogen) atoms. The number of H-pyrrole nitrogens is 1. The van der Waals surface area contributed by atoms with Crippen LogP contribution in [0.4, 0.5) is 0 Å². The van der Waals surface area contributed by atoms with Crippen molar-refractivity contribution >= 4 is 5.91 Å². The molecule has 1 unspecified atom stereocenters. The van der Waals surface area contributed by atoms with Crippen LogP contribution < -0.4 is 5.56 Å². The molecule has 0 bridgehead atoms. The maximum absolute atomic E-state index is 12.7. The van der Waals surface area contributed by atoms with Crippen LogP contribution in [0.3, 0.4) is 0 Å². The predicted molar refractivity (Wildman–Crippen MR) is 96.7 cm³/mol. The number of aromatic amines is 1. The molecule has 1 amide bonds. The second-order valence-corrected chi connectivity index (χ2v) is 6.63. The molecule has 7 nitrogen and oxygen atoms in total. The van der Waals surface area contributed by atoms with Gasteiger partial charge in [0.15, 0.2) is 0 Å². The first-order chi connectivity index (χ1) is 12.5. The number of aryl methyl sites for hydroxylation is 2. The van der Waals surface area contributed by atoms with E-state index in [1.807, 2.05) is 18.2 Å². The minimum Gasteiger partial charge on any atom is -0.370 e. The average molecular weight is 356 g/mol. The molecule has 0 spiro atoms. The van der Waals surface area contributed by atoms with E-state index in [0.29, 0.717) is 36.8 Å². The van der Waals surface area contributed by atoms with E-state index in [-0.39, 0.29) is 24.0 Å². The summed E-state index contributed by atoms with van der Waals surface area (Å²) >= 11 is 0. The quantitative estimate of drug-likeness (QED) is 0.878. The van der Waals surface area contributed by atoms with E-state index in [0.717, 1.165) is 18.5 Å². The second kappa shape index (κ2) is 8.23. The average Bonchev–Trinajstić information content (AvgIpc) is 2.64. The zero-order chi connectivity index (χ0) is 18.5. The molecule has 0 radical (unpaired) electrons. The monoisotopic (exact) mass is 356 g/mol. The van der Waals surface area contributed by atoms with Crippen LogP contribution in [0, 0.1) is 13.8 Å². The van der Waals surface area contributed by atoms with Gasteiger partial charge in [-0.15, -0.1) is 0 Å². The molecule has 3 heterocycles. The Morgan fingerprint density at radius 1 is 1.38 bits per heavy atom. The fraction of sp³-hybridized carbons (Fsp3) is 0.474. The van der Waals surface area contributed by atoms with E-state index in [1.54, 1.807) is 24.9 Å². The number of rotatable bonds is 5. The topological polar surface area (TPSA) is 88.2 Å². The molecular weight excluding hydrogens is 332 g/mol. The number of piperidine rings is 1. The van der Waals surface area contributed by atoms with Crippen LogP contribution in [-0.2, 0) is 22.6 Å². The third-order valence-corrected chi connectivity index (χ3v) is 4.59. The summed E-state index contributed by atoms with van der Waals surface area (Å²) in [6, 6.07) is 5.72. The highest BCUT2D eigenvalue weighted by molar-refractivity contribution is 5.79. The minimum atomic E-state index is -0.233. The Kier molecular flexibility index (Phi) is 5.78. The second-order valence-electron chi connectivity index (χ2n) is 6.63. The van der Waals surface area contributed by atoms with Gasteiger partial charge >= 0.3 is 0 Å². The van der Waals surface area contributed by atoms with Crippen molar-refractivity contribution in [3.8, 4) is 0 Å². The highest BCUT2D eigenvalue weighted by Gasteiger charge is 2.25. The SMILES string of the molecule is Cc1nc(C)c(CC(=O)N2CCCC(OCc3ccccn3)C2)c(=O)[nH]1. The lowest BCUT2D eigenvalue weighted by Crippen LogP contribution is -2.44. The van der Waals surface area contributed by atoms with Gasteiger partial charge in [-0.05, 0) is 38.8 Å². The summed E-state index contributed by atoms with van der Waals surface area (Å²) in [7, 11) is 0. The Morgan fingerprint density at radius 3 is 2.96 bits per heavy atom. The molecule has 2 aromatic rings. The van der Waals surface area contributed by atoms with Crippen molar-refractivity contribution in [1.82, 2.24) is 19.9 Å². The number of hydrogen-bond donors (Lipinski definition) is 1. The lowest BCUT2D eigenvalue weighted by atomic mass is 10.1. The van der Waals surface area contributed by atoms with E-state index >= 15 is 0 Å². The van der Waals surface area contributed by atoms with E-state index in [2.05, 4.69) is 15.0 Å². The van der Waals surface area contributed by atoms with Crippen molar-refractivity contribution in [2.24, 2.45) is 0 Å². The summed E-state index contributed by atoms with van der Waals surface area (Å²) in [5, 5.41) is 0. The minimum absolute atomic E-state index is 0.00905. The number of aromatic nitrogens is 3. The Morgan fingerprint density at radius 2 is 2.23 bits per heavy atom. The van der Waals surface area contributed by atoms with Gasteiger partial charge in [-0.1, -0.05) is 6.07 Å². The fourth-order valence-corrected chi connectivity index (χ4v) is 3.21. The number of ether oxygens (including phenoxy) is 1. The molecule has 1 fully saturated rings. The summed E-state index contributed by atoms with van der Waals surface area (Å²) in [6.07, 6.45) is 3.61. The largest absolute Gasteiger partial charge is 0.370 e.